The number of hydrogen-bond donors (Lipinski definition) is 2. The monoisotopic (exact) mass is 313 g/mol. The van der Waals surface area contributed by atoms with E-state index in [-0.39, 0.29) is 11.0 Å². The van der Waals surface area contributed by atoms with Crippen molar-refractivity contribution in [1.82, 2.24) is 0 Å². The summed E-state index contributed by atoms with van der Waals surface area (Å²) in [5.41, 5.74) is 6.98. The molecule has 0 spiro atoms. The number of hydrogen-bond acceptors (Lipinski definition) is 5. The van der Waals surface area contributed by atoms with Gasteiger partial charge in [-0.1, -0.05) is 6.92 Å². The third-order valence-corrected chi connectivity index (χ3v) is 4.44. The summed E-state index contributed by atoms with van der Waals surface area (Å²) < 4.78 is 28.8. The maximum atomic E-state index is 11.5. The zero-order chi connectivity index (χ0) is 15.5. The number of rotatable bonds is 5. The fourth-order valence-corrected chi connectivity index (χ4v) is 3.13. The van der Waals surface area contributed by atoms with Gasteiger partial charge in [-0.3, -0.25) is 0 Å². The summed E-state index contributed by atoms with van der Waals surface area (Å²) in [5.74, 6) is 0. The van der Waals surface area contributed by atoms with E-state index in [9.17, 15) is 8.42 Å². The SMILES string of the molecule is CCCOC1CCCN(c2cc(N)cc(S(N)(=O)=O)c2)C1. The van der Waals surface area contributed by atoms with Crippen molar-refractivity contribution in [3.8, 4) is 0 Å². The Bertz CT molecular complexity index is 589. The number of primary sulfonamides is 1. The van der Waals surface area contributed by atoms with Crippen LogP contribution >= 0.6 is 0 Å². The minimum atomic E-state index is -3.75. The third-order valence-electron chi connectivity index (χ3n) is 3.54. The maximum absolute atomic E-state index is 11.5. The molecule has 6 nitrogen and oxygen atoms in total. The molecule has 0 amide bonds. The van der Waals surface area contributed by atoms with Crippen LogP contribution in [0, 0.1) is 0 Å². The highest BCUT2D eigenvalue weighted by molar-refractivity contribution is 7.89. The smallest absolute Gasteiger partial charge is 0.238 e. The van der Waals surface area contributed by atoms with Crippen molar-refractivity contribution < 1.29 is 13.2 Å². The van der Waals surface area contributed by atoms with E-state index in [1.807, 2.05) is 0 Å². The molecule has 1 aliphatic heterocycles. The van der Waals surface area contributed by atoms with Gasteiger partial charge in [0, 0.05) is 31.1 Å². The minimum Gasteiger partial charge on any atom is -0.399 e. The first-order valence-corrected chi connectivity index (χ1v) is 8.74. The fraction of sp³-hybridized carbons (Fsp3) is 0.571. The highest BCUT2D eigenvalue weighted by Gasteiger charge is 2.22. The van der Waals surface area contributed by atoms with Crippen LogP contribution in [0.3, 0.4) is 0 Å². The molecule has 0 aromatic heterocycles. The normalized spacial score (nSPS) is 19.7. The van der Waals surface area contributed by atoms with Crippen molar-refractivity contribution in [2.45, 2.75) is 37.2 Å². The molecule has 1 unspecified atom stereocenters. The quantitative estimate of drug-likeness (QED) is 0.799. The number of ether oxygens (including phenoxy) is 1. The lowest BCUT2D eigenvalue weighted by molar-refractivity contribution is 0.0440. The molecule has 1 aromatic rings. The van der Waals surface area contributed by atoms with Gasteiger partial charge in [0.1, 0.15) is 0 Å². The van der Waals surface area contributed by atoms with E-state index >= 15 is 0 Å². The standard InChI is InChI=1S/C14H23N3O3S/c1-2-6-20-13-4-3-5-17(10-13)12-7-11(15)8-14(9-12)21(16,18)19/h7-9,13H,2-6,10,15H2,1H3,(H2,16,18,19). The summed E-state index contributed by atoms with van der Waals surface area (Å²) in [6, 6.07) is 4.73. The molecule has 1 aliphatic rings. The number of benzene rings is 1. The Balaban J connectivity index is 2.19. The summed E-state index contributed by atoms with van der Waals surface area (Å²) in [6.45, 7) is 4.43. The second kappa shape index (κ2) is 6.64. The summed E-state index contributed by atoms with van der Waals surface area (Å²) in [7, 11) is -3.75. The lowest BCUT2D eigenvalue weighted by Gasteiger charge is -2.34. The Labute approximate surface area is 126 Å². The first-order chi connectivity index (χ1) is 9.90. The van der Waals surface area contributed by atoms with Gasteiger partial charge in [-0.15, -0.1) is 0 Å². The molecule has 1 aromatic carbocycles. The van der Waals surface area contributed by atoms with Crippen molar-refractivity contribution in [2.24, 2.45) is 5.14 Å². The summed E-state index contributed by atoms with van der Waals surface area (Å²) in [6.07, 6.45) is 3.21. The Kier molecular flexibility index (Phi) is 5.08. The van der Waals surface area contributed by atoms with Crippen molar-refractivity contribution in [3.63, 3.8) is 0 Å². The molecule has 0 bridgehead atoms. The van der Waals surface area contributed by atoms with E-state index in [4.69, 9.17) is 15.6 Å². The van der Waals surface area contributed by atoms with Crippen LogP contribution in [0.25, 0.3) is 0 Å². The van der Waals surface area contributed by atoms with Crippen molar-refractivity contribution >= 4 is 21.4 Å². The van der Waals surface area contributed by atoms with E-state index in [2.05, 4.69) is 11.8 Å². The molecule has 1 atom stereocenters. The van der Waals surface area contributed by atoms with Crippen LogP contribution in [0.1, 0.15) is 26.2 Å². The van der Waals surface area contributed by atoms with Crippen LogP contribution in [0.2, 0.25) is 0 Å². The van der Waals surface area contributed by atoms with Gasteiger partial charge in [0.2, 0.25) is 10.0 Å². The number of nitrogens with zero attached hydrogens (tertiary/aromatic N) is 1. The van der Waals surface area contributed by atoms with Crippen LogP contribution in [0.5, 0.6) is 0 Å². The van der Waals surface area contributed by atoms with Gasteiger partial charge in [-0.2, -0.15) is 0 Å². The molecular weight excluding hydrogens is 290 g/mol. The lowest BCUT2D eigenvalue weighted by Crippen LogP contribution is -2.40. The molecule has 7 heteroatoms. The molecule has 1 fully saturated rings. The van der Waals surface area contributed by atoms with Crippen molar-refractivity contribution in [1.29, 1.82) is 0 Å². The number of nitrogens with two attached hydrogens (primary N) is 2. The van der Waals surface area contributed by atoms with Gasteiger partial charge < -0.3 is 15.4 Å². The molecule has 0 aliphatic carbocycles. The number of nitrogen functional groups attached to an aromatic ring is 1. The van der Waals surface area contributed by atoms with Crippen LogP contribution in [0.4, 0.5) is 11.4 Å². The number of anilines is 2. The zero-order valence-corrected chi connectivity index (χ0v) is 13.1. The van der Waals surface area contributed by atoms with Crippen molar-refractivity contribution in [3.05, 3.63) is 18.2 Å². The largest absolute Gasteiger partial charge is 0.399 e. The average molecular weight is 313 g/mol. The Hall–Kier alpha value is -1.31. The molecular formula is C14H23N3O3S. The second-order valence-electron chi connectivity index (χ2n) is 5.39. The predicted molar refractivity (Wildman–Crippen MR) is 83.7 cm³/mol. The maximum Gasteiger partial charge on any atom is 0.238 e. The molecule has 1 heterocycles. The summed E-state index contributed by atoms with van der Waals surface area (Å²) in [5, 5.41) is 5.19. The summed E-state index contributed by atoms with van der Waals surface area (Å²) >= 11 is 0. The first-order valence-electron chi connectivity index (χ1n) is 7.20. The second-order valence-corrected chi connectivity index (χ2v) is 6.95. The van der Waals surface area contributed by atoms with E-state index in [1.165, 1.54) is 6.07 Å². The molecule has 21 heavy (non-hydrogen) atoms. The lowest BCUT2D eigenvalue weighted by atomic mass is 10.1. The van der Waals surface area contributed by atoms with E-state index in [0.29, 0.717) is 5.69 Å². The molecule has 4 N–H and O–H groups in total. The Morgan fingerprint density at radius 3 is 2.81 bits per heavy atom. The topological polar surface area (TPSA) is 98.7 Å². The van der Waals surface area contributed by atoms with Gasteiger partial charge in [-0.25, -0.2) is 13.6 Å². The Morgan fingerprint density at radius 1 is 1.38 bits per heavy atom. The van der Waals surface area contributed by atoms with Gasteiger partial charge in [0.15, 0.2) is 0 Å². The van der Waals surface area contributed by atoms with Crippen LogP contribution in [-0.4, -0.2) is 34.2 Å². The average Bonchev–Trinajstić information content (AvgIpc) is 2.44. The van der Waals surface area contributed by atoms with Crippen LogP contribution in [-0.2, 0) is 14.8 Å². The molecule has 2 rings (SSSR count). The highest BCUT2D eigenvalue weighted by Crippen LogP contribution is 2.26. The fourth-order valence-electron chi connectivity index (χ4n) is 2.55. The first kappa shape index (κ1) is 16.1. The molecule has 0 saturated carbocycles. The molecule has 1 saturated heterocycles. The highest BCUT2D eigenvalue weighted by atomic mass is 32.2. The molecule has 118 valence electrons. The van der Waals surface area contributed by atoms with E-state index < -0.39 is 10.0 Å². The van der Waals surface area contributed by atoms with Crippen molar-refractivity contribution in [2.75, 3.05) is 30.3 Å². The number of sulfonamides is 1. The van der Waals surface area contributed by atoms with Gasteiger partial charge >= 0.3 is 0 Å². The van der Waals surface area contributed by atoms with Gasteiger partial charge in [-0.05, 0) is 37.5 Å². The molecule has 0 radical (unpaired) electrons. The predicted octanol–water partition coefficient (Wildman–Crippen LogP) is 1.31. The van der Waals surface area contributed by atoms with Crippen LogP contribution < -0.4 is 15.8 Å². The zero-order valence-electron chi connectivity index (χ0n) is 12.3. The number of piperidine rings is 1. The van der Waals surface area contributed by atoms with E-state index in [1.54, 1.807) is 12.1 Å². The van der Waals surface area contributed by atoms with E-state index in [0.717, 1.165) is 44.6 Å². The third kappa shape index (κ3) is 4.33. The van der Waals surface area contributed by atoms with Gasteiger partial charge in [0.25, 0.3) is 0 Å². The Morgan fingerprint density at radius 2 is 2.14 bits per heavy atom. The van der Waals surface area contributed by atoms with Crippen LogP contribution in [0.15, 0.2) is 23.1 Å². The van der Waals surface area contributed by atoms with Gasteiger partial charge in [0.05, 0.1) is 11.0 Å². The summed E-state index contributed by atoms with van der Waals surface area (Å²) in [4.78, 5) is 2.16. The minimum absolute atomic E-state index is 0.0501.